The summed E-state index contributed by atoms with van der Waals surface area (Å²) in [5.74, 6) is -0.138. The van der Waals surface area contributed by atoms with E-state index < -0.39 is 5.97 Å². The molecule has 3 heteroatoms. The second kappa shape index (κ2) is 25.7. The normalized spacial score (nSPS) is 13.2. The van der Waals surface area contributed by atoms with Crippen molar-refractivity contribution >= 4 is 0 Å². The van der Waals surface area contributed by atoms with Gasteiger partial charge < -0.3 is 14.2 Å². The summed E-state index contributed by atoms with van der Waals surface area (Å²) >= 11 is 0. The average Bonchev–Trinajstić information content (AvgIpc) is 2.86. The fourth-order valence-electron chi connectivity index (χ4n) is 4.78. The molecule has 0 N–H and O–H groups in total. The molecule has 0 aromatic heterocycles. The standard InChI is InChI=1S/C31H62O3/c1-6-7-8-9-10-11-12-13-14-15-16-17-18-19-21-24-27-30(2)28-25-22-20-23-26-29-31(32-3,33-4)34-5/h24,27,30H,6-23,25-26,28-29H2,1-5H3. The first-order valence-corrected chi connectivity index (χ1v) is 15.0. The van der Waals surface area contributed by atoms with Gasteiger partial charge in [-0.3, -0.25) is 0 Å². The number of hydrogen-bond donors (Lipinski definition) is 0. The van der Waals surface area contributed by atoms with Crippen LogP contribution in [0, 0.1) is 5.92 Å². The number of ether oxygens (including phenoxy) is 3. The topological polar surface area (TPSA) is 27.7 Å². The molecule has 0 aliphatic carbocycles. The number of allylic oxidation sites excluding steroid dienone is 2. The van der Waals surface area contributed by atoms with Crippen LogP contribution in [0.15, 0.2) is 12.2 Å². The van der Waals surface area contributed by atoms with Crippen LogP contribution in [0.1, 0.15) is 155 Å². The summed E-state index contributed by atoms with van der Waals surface area (Å²) in [6, 6.07) is 0. The molecule has 0 heterocycles. The predicted molar refractivity (Wildman–Crippen MR) is 149 cm³/mol. The molecule has 0 fully saturated rings. The maximum Gasteiger partial charge on any atom is 0.282 e. The molecule has 0 aliphatic heterocycles. The van der Waals surface area contributed by atoms with Crippen LogP contribution in [-0.2, 0) is 14.2 Å². The number of unbranched alkanes of at least 4 members (excludes halogenated alkanes) is 18. The maximum absolute atomic E-state index is 5.35. The molecule has 0 aromatic carbocycles. The lowest BCUT2D eigenvalue weighted by molar-refractivity contribution is -0.355. The summed E-state index contributed by atoms with van der Waals surface area (Å²) < 4.78 is 16.1. The van der Waals surface area contributed by atoms with E-state index in [-0.39, 0.29) is 0 Å². The summed E-state index contributed by atoms with van der Waals surface area (Å²) in [5, 5.41) is 0. The number of methoxy groups -OCH3 is 3. The molecule has 1 unspecified atom stereocenters. The fourth-order valence-corrected chi connectivity index (χ4v) is 4.78. The Bertz CT molecular complexity index is 409. The van der Waals surface area contributed by atoms with Crippen molar-refractivity contribution in [2.45, 2.75) is 161 Å². The molecule has 204 valence electrons. The van der Waals surface area contributed by atoms with Crippen molar-refractivity contribution in [2.24, 2.45) is 5.92 Å². The minimum atomic E-state index is -0.855. The van der Waals surface area contributed by atoms with Gasteiger partial charge in [0.05, 0.1) is 0 Å². The summed E-state index contributed by atoms with van der Waals surface area (Å²) in [7, 11) is 4.92. The SMILES string of the molecule is CCCCCCCCCCCCCCCCC=CC(C)CCCCCCCC(OC)(OC)OC. The predicted octanol–water partition coefficient (Wildman–Crippen LogP) is 10.4. The molecule has 1 atom stereocenters. The van der Waals surface area contributed by atoms with Crippen molar-refractivity contribution in [1.82, 2.24) is 0 Å². The lowest BCUT2D eigenvalue weighted by Gasteiger charge is -2.28. The third kappa shape index (κ3) is 20.9. The van der Waals surface area contributed by atoms with E-state index in [4.69, 9.17) is 14.2 Å². The van der Waals surface area contributed by atoms with Crippen LogP contribution in [0.2, 0.25) is 0 Å². The highest BCUT2D eigenvalue weighted by molar-refractivity contribution is 4.86. The lowest BCUT2D eigenvalue weighted by atomic mass is 10.0. The van der Waals surface area contributed by atoms with Crippen molar-refractivity contribution in [3.8, 4) is 0 Å². The van der Waals surface area contributed by atoms with Crippen LogP contribution in [-0.4, -0.2) is 27.3 Å². The first-order chi connectivity index (χ1) is 16.6. The Morgan fingerprint density at radius 1 is 0.559 bits per heavy atom. The molecular weight excluding hydrogens is 420 g/mol. The van der Waals surface area contributed by atoms with E-state index in [9.17, 15) is 0 Å². The zero-order chi connectivity index (χ0) is 25.2. The van der Waals surface area contributed by atoms with E-state index in [1.165, 1.54) is 128 Å². The van der Waals surface area contributed by atoms with Crippen molar-refractivity contribution in [2.75, 3.05) is 21.3 Å². The monoisotopic (exact) mass is 482 g/mol. The Balaban J connectivity index is 3.38. The first-order valence-electron chi connectivity index (χ1n) is 15.0. The van der Waals surface area contributed by atoms with E-state index in [0.717, 1.165) is 18.8 Å². The van der Waals surface area contributed by atoms with Crippen molar-refractivity contribution < 1.29 is 14.2 Å². The molecule has 0 aromatic rings. The van der Waals surface area contributed by atoms with Gasteiger partial charge in [-0.05, 0) is 31.6 Å². The van der Waals surface area contributed by atoms with Crippen LogP contribution in [0.25, 0.3) is 0 Å². The van der Waals surface area contributed by atoms with Gasteiger partial charge in [-0.2, -0.15) is 0 Å². The van der Waals surface area contributed by atoms with Gasteiger partial charge in [0.1, 0.15) is 0 Å². The Hall–Kier alpha value is -0.380. The van der Waals surface area contributed by atoms with Crippen molar-refractivity contribution in [3.05, 3.63) is 12.2 Å². The molecule has 0 radical (unpaired) electrons. The molecule has 0 amide bonds. The maximum atomic E-state index is 5.35. The lowest BCUT2D eigenvalue weighted by Crippen LogP contribution is -2.35. The van der Waals surface area contributed by atoms with Crippen LogP contribution in [0.5, 0.6) is 0 Å². The van der Waals surface area contributed by atoms with E-state index >= 15 is 0 Å². The molecule has 0 saturated heterocycles. The fraction of sp³-hybridized carbons (Fsp3) is 0.935. The van der Waals surface area contributed by atoms with Crippen LogP contribution < -0.4 is 0 Å². The summed E-state index contributed by atoms with van der Waals surface area (Å²) in [6.45, 7) is 4.66. The van der Waals surface area contributed by atoms with Crippen LogP contribution in [0.3, 0.4) is 0 Å². The number of hydrogen-bond acceptors (Lipinski definition) is 3. The Morgan fingerprint density at radius 3 is 1.44 bits per heavy atom. The van der Waals surface area contributed by atoms with Gasteiger partial charge in [0.25, 0.3) is 5.97 Å². The molecule has 0 spiro atoms. The van der Waals surface area contributed by atoms with Crippen molar-refractivity contribution in [3.63, 3.8) is 0 Å². The first kappa shape index (κ1) is 33.6. The van der Waals surface area contributed by atoms with E-state index in [0.29, 0.717) is 0 Å². The molecule has 34 heavy (non-hydrogen) atoms. The summed E-state index contributed by atoms with van der Waals surface area (Å²) in [5.41, 5.74) is 0. The highest BCUT2D eigenvalue weighted by atomic mass is 16.9. The Kier molecular flexibility index (Phi) is 25.4. The average molecular weight is 483 g/mol. The molecule has 0 aliphatic rings. The summed E-state index contributed by atoms with van der Waals surface area (Å²) in [4.78, 5) is 0. The second-order valence-electron chi connectivity index (χ2n) is 10.4. The number of rotatable bonds is 27. The summed E-state index contributed by atoms with van der Waals surface area (Å²) in [6.07, 6.45) is 34.6. The van der Waals surface area contributed by atoms with Crippen LogP contribution in [0.4, 0.5) is 0 Å². The molecule has 0 bridgehead atoms. The third-order valence-electron chi connectivity index (χ3n) is 7.26. The molecule has 0 saturated carbocycles. The largest absolute Gasteiger partial charge is 0.331 e. The molecular formula is C31H62O3. The highest BCUT2D eigenvalue weighted by Crippen LogP contribution is 2.22. The highest BCUT2D eigenvalue weighted by Gasteiger charge is 2.28. The third-order valence-corrected chi connectivity index (χ3v) is 7.26. The second-order valence-corrected chi connectivity index (χ2v) is 10.4. The van der Waals surface area contributed by atoms with Gasteiger partial charge in [0.2, 0.25) is 0 Å². The van der Waals surface area contributed by atoms with Gasteiger partial charge in [0, 0.05) is 27.8 Å². The smallest absolute Gasteiger partial charge is 0.282 e. The zero-order valence-corrected chi connectivity index (χ0v) is 24.0. The Morgan fingerprint density at radius 2 is 0.971 bits per heavy atom. The van der Waals surface area contributed by atoms with Gasteiger partial charge in [-0.15, -0.1) is 0 Å². The Labute approximate surface area is 214 Å². The quantitative estimate of drug-likeness (QED) is 0.0662. The van der Waals surface area contributed by atoms with Gasteiger partial charge in [-0.25, -0.2) is 0 Å². The van der Waals surface area contributed by atoms with Gasteiger partial charge >= 0.3 is 0 Å². The molecule has 0 rings (SSSR count). The van der Waals surface area contributed by atoms with E-state index in [1.54, 1.807) is 21.3 Å². The minimum absolute atomic E-state index is 0.717. The molecule has 3 nitrogen and oxygen atoms in total. The van der Waals surface area contributed by atoms with Crippen molar-refractivity contribution in [1.29, 1.82) is 0 Å². The minimum Gasteiger partial charge on any atom is -0.331 e. The zero-order valence-electron chi connectivity index (χ0n) is 24.0. The van der Waals surface area contributed by atoms with E-state index in [1.807, 2.05) is 0 Å². The van der Waals surface area contributed by atoms with Gasteiger partial charge in [0.15, 0.2) is 0 Å². The van der Waals surface area contributed by atoms with E-state index in [2.05, 4.69) is 26.0 Å². The van der Waals surface area contributed by atoms with Crippen LogP contribution >= 0.6 is 0 Å². The van der Waals surface area contributed by atoms with Gasteiger partial charge in [-0.1, -0.05) is 135 Å².